The van der Waals surface area contributed by atoms with Crippen molar-refractivity contribution in [3.8, 4) is 0 Å². The molecule has 1 aromatic rings. The van der Waals surface area contributed by atoms with E-state index in [2.05, 4.69) is 14.9 Å². The van der Waals surface area contributed by atoms with Gasteiger partial charge in [0.15, 0.2) is 5.82 Å². The molecule has 0 amide bonds. The Labute approximate surface area is 111 Å². The van der Waals surface area contributed by atoms with Crippen molar-refractivity contribution in [3.63, 3.8) is 0 Å². The van der Waals surface area contributed by atoms with Crippen molar-refractivity contribution in [3.05, 3.63) is 17.0 Å². The number of aromatic nitrogens is 2. The van der Waals surface area contributed by atoms with Crippen LogP contribution in [-0.4, -0.2) is 41.7 Å². The highest BCUT2D eigenvalue weighted by Crippen LogP contribution is 2.20. The maximum absolute atomic E-state index is 6.01. The Bertz CT molecular complexity index is 370. The summed E-state index contributed by atoms with van der Waals surface area (Å²) in [6.07, 6.45) is 1.19. The summed E-state index contributed by atoms with van der Waals surface area (Å²) in [5, 5.41) is 0.485. The summed E-state index contributed by atoms with van der Waals surface area (Å²) in [5.74, 6) is 3.92. The lowest BCUT2D eigenvalue weighted by Gasteiger charge is -2.21. The summed E-state index contributed by atoms with van der Waals surface area (Å²) in [6.45, 7) is 2.45. The smallest absolute Gasteiger partial charge is 0.158 e. The zero-order chi connectivity index (χ0) is 12.1. The van der Waals surface area contributed by atoms with E-state index >= 15 is 0 Å². The van der Waals surface area contributed by atoms with Crippen LogP contribution in [0.25, 0.3) is 0 Å². The lowest BCUT2D eigenvalue weighted by molar-refractivity contribution is 0.178. The zero-order valence-electron chi connectivity index (χ0n) is 9.86. The highest BCUT2D eigenvalue weighted by molar-refractivity contribution is 7.99. The van der Waals surface area contributed by atoms with Gasteiger partial charge in [-0.15, -0.1) is 0 Å². The lowest BCUT2D eigenvalue weighted by Crippen LogP contribution is -2.26. The van der Waals surface area contributed by atoms with Gasteiger partial charge >= 0.3 is 0 Å². The number of ether oxygens (including phenoxy) is 1. The quantitative estimate of drug-likeness (QED) is 0.790. The third-order valence-corrected chi connectivity index (χ3v) is 3.79. The van der Waals surface area contributed by atoms with E-state index < -0.39 is 0 Å². The third kappa shape index (κ3) is 3.72. The predicted molar refractivity (Wildman–Crippen MR) is 71.9 cm³/mol. The molecule has 94 valence electrons. The molecular weight excluding hydrogens is 258 g/mol. The summed E-state index contributed by atoms with van der Waals surface area (Å²) in [4.78, 5) is 10.9. The number of thioether (sulfide) groups is 1. The summed E-state index contributed by atoms with van der Waals surface area (Å²) in [5.41, 5.74) is 0. The van der Waals surface area contributed by atoms with Gasteiger partial charge in [-0.1, -0.05) is 11.6 Å². The third-order valence-electron chi connectivity index (χ3n) is 2.55. The van der Waals surface area contributed by atoms with E-state index in [0.717, 1.165) is 24.7 Å². The fourth-order valence-electron chi connectivity index (χ4n) is 1.78. The molecule has 2 rings (SSSR count). The normalized spacial score (nSPS) is 16.9. The predicted octanol–water partition coefficient (Wildman–Crippen LogP) is 2.22. The Kier molecular flexibility index (Phi) is 4.88. The van der Waals surface area contributed by atoms with E-state index in [0.29, 0.717) is 17.6 Å². The molecule has 0 atom stereocenters. The topological polar surface area (TPSA) is 38.2 Å². The van der Waals surface area contributed by atoms with Crippen molar-refractivity contribution in [1.29, 1.82) is 0 Å². The highest BCUT2D eigenvalue weighted by Gasteiger charge is 2.13. The zero-order valence-corrected chi connectivity index (χ0v) is 11.4. The Hall–Kier alpha value is -0.520. The van der Waals surface area contributed by atoms with Crippen LogP contribution in [0.3, 0.4) is 0 Å². The number of anilines is 1. The largest absolute Gasteiger partial charge is 0.377 e. The van der Waals surface area contributed by atoms with Crippen molar-refractivity contribution < 1.29 is 4.74 Å². The molecule has 1 aliphatic heterocycles. The van der Waals surface area contributed by atoms with E-state index in [4.69, 9.17) is 16.3 Å². The van der Waals surface area contributed by atoms with Crippen molar-refractivity contribution in [2.75, 3.05) is 36.6 Å². The molecule has 4 nitrogen and oxygen atoms in total. The molecule has 0 aliphatic carbocycles. The molecule has 0 N–H and O–H groups in total. The molecule has 0 saturated carbocycles. The van der Waals surface area contributed by atoms with Gasteiger partial charge < -0.3 is 9.64 Å². The molecule has 6 heteroatoms. The van der Waals surface area contributed by atoms with Crippen LogP contribution in [0.15, 0.2) is 6.07 Å². The highest BCUT2D eigenvalue weighted by atomic mass is 35.5. The second kappa shape index (κ2) is 6.42. The van der Waals surface area contributed by atoms with E-state index in [-0.39, 0.29) is 0 Å². The molecule has 1 fully saturated rings. The van der Waals surface area contributed by atoms with Crippen LogP contribution < -0.4 is 4.90 Å². The van der Waals surface area contributed by atoms with Gasteiger partial charge in [0.1, 0.15) is 17.6 Å². The Morgan fingerprint density at radius 2 is 2.29 bits per heavy atom. The standard InChI is InChI=1S/C11H16ClN3OS/c1-16-8-10-13-9(12)7-11(14-10)15-3-2-5-17-6-4-15/h7H,2-6,8H2,1H3. The fraction of sp³-hybridized carbons (Fsp3) is 0.636. The van der Waals surface area contributed by atoms with E-state index in [1.54, 1.807) is 7.11 Å². The van der Waals surface area contributed by atoms with Crippen LogP contribution in [0.1, 0.15) is 12.2 Å². The molecule has 0 spiro atoms. The van der Waals surface area contributed by atoms with Gasteiger partial charge in [-0.05, 0) is 12.2 Å². The van der Waals surface area contributed by atoms with Crippen LogP contribution in [0.4, 0.5) is 5.82 Å². The molecule has 1 saturated heterocycles. The number of methoxy groups -OCH3 is 1. The van der Waals surface area contributed by atoms with Crippen LogP contribution in [-0.2, 0) is 11.3 Å². The minimum atomic E-state index is 0.399. The monoisotopic (exact) mass is 273 g/mol. The summed E-state index contributed by atoms with van der Waals surface area (Å²) >= 11 is 8.00. The second-order valence-corrected chi connectivity index (χ2v) is 5.46. The molecule has 0 radical (unpaired) electrons. The molecule has 1 aliphatic rings. The maximum Gasteiger partial charge on any atom is 0.158 e. The molecule has 1 aromatic heterocycles. The lowest BCUT2D eigenvalue weighted by atomic mass is 10.4. The van der Waals surface area contributed by atoms with E-state index in [1.807, 2.05) is 17.8 Å². The molecule has 0 unspecified atom stereocenters. The number of nitrogens with zero attached hydrogens (tertiary/aromatic N) is 3. The van der Waals surface area contributed by atoms with Crippen molar-refractivity contribution in [2.24, 2.45) is 0 Å². The number of hydrogen-bond acceptors (Lipinski definition) is 5. The minimum Gasteiger partial charge on any atom is -0.377 e. The van der Waals surface area contributed by atoms with Crippen LogP contribution in [0.5, 0.6) is 0 Å². The van der Waals surface area contributed by atoms with Crippen LogP contribution in [0, 0.1) is 0 Å². The van der Waals surface area contributed by atoms with Crippen molar-refractivity contribution >= 4 is 29.2 Å². The Morgan fingerprint density at radius 3 is 3.12 bits per heavy atom. The molecule has 0 aromatic carbocycles. The fourth-order valence-corrected chi connectivity index (χ4v) is 2.86. The van der Waals surface area contributed by atoms with Gasteiger partial charge in [-0.25, -0.2) is 9.97 Å². The average molecular weight is 274 g/mol. The average Bonchev–Trinajstić information content (AvgIpc) is 2.57. The maximum atomic E-state index is 6.01. The van der Waals surface area contributed by atoms with Crippen molar-refractivity contribution in [2.45, 2.75) is 13.0 Å². The minimum absolute atomic E-state index is 0.399. The Morgan fingerprint density at radius 1 is 1.41 bits per heavy atom. The first-order chi connectivity index (χ1) is 8.29. The number of hydrogen-bond donors (Lipinski definition) is 0. The first kappa shape index (κ1) is 12.9. The van der Waals surface area contributed by atoms with Gasteiger partial charge in [-0.3, -0.25) is 0 Å². The number of halogens is 1. The second-order valence-electron chi connectivity index (χ2n) is 3.85. The SMILES string of the molecule is COCc1nc(Cl)cc(N2CCCSCC2)n1. The van der Waals surface area contributed by atoms with Gasteiger partial charge in [0.2, 0.25) is 0 Å². The Balaban J connectivity index is 2.17. The van der Waals surface area contributed by atoms with E-state index in [9.17, 15) is 0 Å². The number of rotatable bonds is 3. The van der Waals surface area contributed by atoms with Crippen LogP contribution in [0.2, 0.25) is 5.15 Å². The van der Waals surface area contributed by atoms with Gasteiger partial charge in [0, 0.05) is 32.0 Å². The van der Waals surface area contributed by atoms with Crippen molar-refractivity contribution in [1.82, 2.24) is 9.97 Å². The van der Waals surface area contributed by atoms with Gasteiger partial charge in [-0.2, -0.15) is 11.8 Å². The summed E-state index contributed by atoms with van der Waals surface area (Å²) in [7, 11) is 1.63. The molecule has 2 heterocycles. The van der Waals surface area contributed by atoms with E-state index in [1.165, 1.54) is 12.2 Å². The van der Waals surface area contributed by atoms with Crippen LogP contribution >= 0.6 is 23.4 Å². The van der Waals surface area contributed by atoms with Gasteiger partial charge in [0.05, 0.1) is 0 Å². The molecular formula is C11H16ClN3OS. The molecule has 17 heavy (non-hydrogen) atoms. The first-order valence-corrected chi connectivity index (χ1v) is 7.18. The first-order valence-electron chi connectivity index (χ1n) is 5.64. The van der Waals surface area contributed by atoms with Gasteiger partial charge in [0.25, 0.3) is 0 Å². The summed E-state index contributed by atoms with van der Waals surface area (Å²) < 4.78 is 5.04. The summed E-state index contributed by atoms with van der Waals surface area (Å²) in [6, 6.07) is 1.83. The molecule has 0 bridgehead atoms.